The number of nitrogens with one attached hydrogen (secondary N) is 1. The molecule has 10 heteroatoms. The van der Waals surface area contributed by atoms with Crippen LogP contribution in [0.2, 0.25) is 0 Å². The first kappa shape index (κ1) is 30.5. The SMILES string of the molecule is COc1ccc(S(=O)(=O)N(CC(=O)N(Cc2ccccc2)[C@H](C)C(=O)NC(C)(C)C)c2ccccc2OC)cc1. The molecule has 40 heavy (non-hydrogen) atoms. The number of para-hydroxylation sites is 2. The van der Waals surface area contributed by atoms with E-state index in [-0.39, 0.29) is 28.8 Å². The van der Waals surface area contributed by atoms with Gasteiger partial charge in [-0.3, -0.25) is 13.9 Å². The van der Waals surface area contributed by atoms with Crippen molar-refractivity contribution in [1.82, 2.24) is 10.2 Å². The molecule has 1 atom stereocenters. The zero-order valence-corrected chi connectivity index (χ0v) is 24.6. The Morgan fingerprint density at radius 3 is 2.05 bits per heavy atom. The molecule has 0 aromatic heterocycles. The van der Waals surface area contributed by atoms with Crippen LogP contribution in [-0.2, 0) is 26.2 Å². The number of nitrogens with zero attached hydrogens (tertiary/aromatic N) is 2. The van der Waals surface area contributed by atoms with E-state index < -0.39 is 34.1 Å². The van der Waals surface area contributed by atoms with Gasteiger partial charge in [-0.1, -0.05) is 42.5 Å². The van der Waals surface area contributed by atoms with Gasteiger partial charge in [-0.05, 0) is 69.7 Å². The summed E-state index contributed by atoms with van der Waals surface area (Å²) in [5.41, 5.74) is 0.474. The monoisotopic (exact) mass is 567 g/mol. The smallest absolute Gasteiger partial charge is 0.264 e. The lowest BCUT2D eigenvalue weighted by Gasteiger charge is -2.33. The average Bonchev–Trinajstić information content (AvgIpc) is 2.93. The number of rotatable bonds is 11. The first-order chi connectivity index (χ1) is 18.9. The molecule has 9 nitrogen and oxygen atoms in total. The van der Waals surface area contributed by atoms with E-state index in [1.54, 1.807) is 31.2 Å². The van der Waals surface area contributed by atoms with Crippen LogP contribution in [-0.4, -0.2) is 57.5 Å². The second kappa shape index (κ2) is 12.9. The number of carbonyl (C=O) groups excluding carboxylic acids is 2. The van der Waals surface area contributed by atoms with Crippen LogP contribution in [0.5, 0.6) is 11.5 Å². The van der Waals surface area contributed by atoms with Crippen LogP contribution in [0.3, 0.4) is 0 Å². The van der Waals surface area contributed by atoms with Gasteiger partial charge in [0.25, 0.3) is 10.0 Å². The Kier molecular flexibility index (Phi) is 9.81. The van der Waals surface area contributed by atoms with E-state index in [9.17, 15) is 18.0 Å². The van der Waals surface area contributed by atoms with E-state index in [0.29, 0.717) is 5.75 Å². The number of carbonyl (C=O) groups is 2. The molecule has 0 aliphatic rings. The van der Waals surface area contributed by atoms with E-state index in [0.717, 1.165) is 9.87 Å². The van der Waals surface area contributed by atoms with Crippen molar-refractivity contribution < 1.29 is 27.5 Å². The van der Waals surface area contributed by atoms with Crippen LogP contribution in [0.25, 0.3) is 0 Å². The topological polar surface area (TPSA) is 105 Å². The van der Waals surface area contributed by atoms with E-state index >= 15 is 0 Å². The summed E-state index contributed by atoms with van der Waals surface area (Å²) in [4.78, 5) is 28.5. The molecule has 0 saturated carbocycles. The molecule has 0 aliphatic heterocycles. The van der Waals surface area contributed by atoms with Crippen molar-refractivity contribution in [2.45, 2.75) is 50.7 Å². The largest absolute Gasteiger partial charge is 0.497 e. The number of ether oxygens (including phenoxy) is 2. The normalized spacial score (nSPS) is 12.2. The summed E-state index contributed by atoms with van der Waals surface area (Å²) in [5, 5.41) is 2.91. The van der Waals surface area contributed by atoms with Gasteiger partial charge in [0.2, 0.25) is 11.8 Å². The maximum atomic E-state index is 14.0. The quantitative estimate of drug-likeness (QED) is 0.372. The van der Waals surface area contributed by atoms with E-state index in [2.05, 4.69) is 5.32 Å². The zero-order chi connectivity index (χ0) is 29.5. The Bertz CT molecular complexity index is 1400. The van der Waals surface area contributed by atoms with Crippen LogP contribution in [0, 0.1) is 0 Å². The fourth-order valence-corrected chi connectivity index (χ4v) is 5.49. The van der Waals surface area contributed by atoms with Gasteiger partial charge in [0.15, 0.2) is 0 Å². The van der Waals surface area contributed by atoms with Crippen LogP contribution >= 0.6 is 0 Å². The summed E-state index contributed by atoms with van der Waals surface area (Å²) in [7, 11) is -1.32. The molecule has 1 N–H and O–H groups in total. The Morgan fingerprint density at radius 2 is 1.48 bits per heavy atom. The minimum Gasteiger partial charge on any atom is -0.497 e. The van der Waals surface area contributed by atoms with Gasteiger partial charge in [0, 0.05) is 12.1 Å². The summed E-state index contributed by atoms with van der Waals surface area (Å²) >= 11 is 0. The molecule has 0 heterocycles. The van der Waals surface area contributed by atoms with E-state index in [4.69, 9.17) is 9.47 Å². The fourth-order valence-electron chi connectivity index (χ4n) is 4.06. The Morgan fingerprint density at radius 1 is 0.875 bits per heavy atom. The van der Waals surface area contributed by atoms with Gasteiger partial charge in [0.05, 0.1) is 24.8 Å². The van der Waals surface area contributed by atoms with Gasteiger partial charge in [-0.15, -0.1) is 0 Å². The molecule has 3 rings (SSSR count). The van der Waals surface area contributed by atoms with Crippen molar-refractivity contribution in [1.29, 1.82) is 0 Å². The first-order valence-corrected chi connectivity index (χ1v) is 14.3. The predicted molar refractivity (Wildman–Crippen MR) is 155 cm³/mol. The van der Waals surface area contributed by atoms with Gasteiger partial charge >= 0.3 is 0 Å². The van der Waals surface area contributed by atoms with Crippen molar-refractivity contribution in [3.63, 3.8) is 0 Å². The fraction of sp³-hybridized carbons (Fsp3) is 0.333. The summed E-state index contributed by atoms with van der Waals surface area (Å²) in [6.07, 6.45) is 0. The summed E-state index contributed by atoms with van der Waals surface area (Å²) in [6, 6.07) is 20.8. The molecule has 3 aromatic rings. The van der Waals surface area contributed by atoms with Crippen LogP contribution < -0.4 is 19.1 Å². The maximum absolute atomic E-state index is 14.0. The lowest BCUT2D eigenvalue weighted by atomic mass is 10.1. The van der Waals surface area contributed by atoms with Crippen molar-refractivity contribution in [3.8, 4) is 11.5 Å². The second-order valence-electron chi connectivity index (χ2n) is 10.3. The Labute approximate surface area is 236 Å². The van der Waals surface area contributed by atoms with Gasteiger partial charge in [-0.25, -0.2) is 8.42 Å². The number of methoxy groups -OCH3 is 2. The Balaban J connectivity index is 2.06. The van der Waals surface area contributed by atoms with Crippen molar-refractivity contribution >= 4 is 27.5 Å². The third-order valence-corrected chi connectivity index (χ3v) is 7.92. The molecule has 0 aliphatic carbocycles. The molecule has 0 fully saturated rings. The minimum absolute atomic E-state index is 0.0276. The molecule has 0 saturated heterocycles. The first-order valence-electron chi connectivity index (χ1n) is 12.8. The minimum atomic E-state index is -4.24. The van der Waals surface area contributed by atoms with E-state index in [1.165, 1.54) is 43.4 Å². The molecule has 214 valence electrons. The molecule has 0 spiro atoms. The highest BCUT2D eigenvalue weighted by molar-refractivity contribution is 7.92. The lowest BCUT2D eigenvalue weighted by Crippen LogP contribution is -2.54. The Hall–Kier alpha value is -4.05. The number of amides is 2. The highest BCUT2D eigenvalue weighted by atomic mass is 32.2. The van der Waals surface area contributed by atoms with Crippen LogP contribution in [0.1, 0.15) is 33.3 Å². The van der Waals surface area contributed by atoms with Crippen molar-refractivity contribution in [2.24, 2.45) is 0 Å². The average molecular weight is 568 g/mol. The number of hydrogen-bond acceptors (Lipinski definition) is 6. The molecule has 0 radical (unpaired) electrons. The van der Waals surface area contributed by atoms with Gasteiger partial charge in [-0.2, -0.15) is 0 Å². The highest BCUT2D eigenvalue weighted by Crippen LogP contribution is 2.33. The number of benzene rings is 3. The third kappa shape index (κ3) is 7.53. The summed E-state index contributed by atoms with van der Waals surface area (Å²) in [6.45, 7) is 6.74. The molecule has 0 bridgehead atoms. The third-order valence-electron chi connectivity index (χ3n) is 6.14. The molecular formula is C30H37N3O6S. The number of anilines is 1. The highest BCUT2D eigenvalue weighted by Gasteiger charge is 2.34. The maximum Gasteiger partial charge on any atom is 0.264 e. The molecule has 0 unspecified atom stereocenters. The second-order valence-corrected chi connectivity index (χ2v) is 12.1. The van der Waals surface area contributed by atoms with Gasteiger partial charge in [0.1, 0.15) is 24.1 Å². The summed E-state index contributed by atoms with van der Waals surface area (Å²) in [5.74, 6) is -0.130. The van der Waals surface area contributed by atoms with Crippen LogP contribution in [0.4, 0.5) is 5.69 Å². The number of hydrogen-bond donors (Lipinski definition) is 1. The standard InChI is InChI=1S/C30H37N3O6S/c1-22(29(35)31-30(2,3)4)32(20-23-12-8-7-9-13-23)28(34)21-33(26-14-10-11-15-27(26)39-6)40(36,37)25-18-16-24(38-5)17-19-25/h7-19,22H,20-21H2,1-6H3,(H,31,35)/t22-/m1/s1. The predicted octanol–water partition coefficient (Wildman–Crippen LogP) is 4.23. The molecule has 2 amide bonds. The molecule has 3 aromatic carbocycles. The summed E-state index contributed by atoms with van der Waals surface area (Å²) < 4.78 is 39.6. The zero-order valence-electron chi connectivity index (χ0n) is 23.7. The van der Waals surface area contributed by atoms with Crippen LogP contribution in [0.15, 0.2) is 83.8 Å². The lowest BCUT2D eigenvalue weighted by molar-refractivity contribution is -0.140. The van der Waals surface area contributed by atoms with Gasteiger partial charge < -0.3 is 19.7 Å². The van der Waals surface area contributed by atoms with Crippen molar-refractivity contribution in [2.75, 3.05) is 25.1 Å². The number of sulfonamides is 1. The molecular weight excluding hydrogens is 530 g/mol. The van der Waals surface area contributed by atoms with Crippen molar-refractivity contribution in [3.05, 3.63) is 84.4 Å². The van der Waals surface area contributed by atoms with E-state index in [1.807, 2.05) is 51.1 Å².